The summed E-state index contributed by atoms with van der Waals surface area (Å²) in [5, 5.41) is 3.03. The fourth-order valence-electron chi connectivity index (χ4n) is 2.62. The number of hydrogen-bond donors (Lipinski definition) is 1. The quantitative estimate of drug-likeness (QED) is 0.922. The molecule has 23 heavy (non-hydrogen) atoms. The van der Waals surface area contributed by atoms with E-state index in [-0.39, 0.29) is 17.8 Å². The average Bonchev–Trinajstić information content (AvgIpc) is 2.87. The summed E-state index contributed by atoms with van der Waals surface area (Å²) in [5.41, 5.74) is 1.61. The fourth-order valence-corrected chi connectivity index (χ4v) is 3.53. The molecule has 0 fully saturated rings. The Hall–Kier alpha value is -2.21. The van der Waals surface area contributed by atoms with Crippen LogP contribution < -0.4 is 5.32 Å². The molecule has 0 spiro atoms. The van der Waals surface area contributed by atoms with E-state index in [1.807, 2.05) is 30.3 Å². The number of benzene rings is 1. The Kier molecular flexibility index (Phi) is 4.17. The molecule has 2 aromatic rings. The molecular formula is C17H18N2O3S. The molecule has 1 heterocycles. The van der Waals surface area contributed by atoms with Gasteiger partial charge < -0.3 is 4.74 Å². The van der Waals surface area contributed by atoms with E-state index in [0.29, 0.717) is 16.4 Å². The molecule has 1 aliphatic rings. The zero-order chi connectivity index (χ0) is 16.4. The van der Waals surface area contributed by atoms with Gasteiger partial charge in [0.05, 0.1) is 10.6 Å². The predicted octanol–water partition coefficient (Wildman–Crippen LogP) is 4.05. The van der Waals surface area contributed by atoms with Gasteiger partial charge in [-0.05, 0) is 17.4 Å². The Bertz CT molecular complexity index is 738. The first-order valence-electron chi connectivity index (χ1n) is 7.43. The lowest BCUT2D eigenvalue weighted by molar-refractivity contribution is 0.0916. The standard InChI is InChI=1S/C17H18N2O3S/c1-17(2)8-12-14(13(20)9-17)23-15(18-12)19-16(21)22-10-11-6-4-3-5-7-11/h3-7H,8-10H2,1-2H3,(H,18,19,21). The van der Waals surface area contributed by atoms with Gasteiger partial charge in [-0.1, -0.05) is 55.5 Å². The van der Waals surface area contributed by atoms with Crippen LogP contribution in [0.3, 0.4) is 0 Å². The van der Waals surface area contributed by atoms with E-state index in [9.17, 15) is 9.59 Å². The average molecular weight is 330 g/mol. The van der Waals surface area contributed by atoms with Crippen molar-refractivity contribution in [3.63, 3.8) is 0 Å². The van der Waals surface area contributed by atoms with Gasteiger partial charge in [-0.3, -0.25) is 10.1 Å². The highest BCUT2D eigenvalue weighted by atomic mass is 32.1. The van der Waals surface area contributed by atoms with E-state index in [4.69, 9.17) is 4.74 Å². The number of aromatic nitrogens is 1. The van der Waals surface area contributed by atoms with Crippen LogP contribution in [0.25, 0.3) is 0 Å². The number of carbonyl (C=O) groups is 2. The number of fused-ring (bicyclic) bond motifs is 1. The Morgan fingerprint density at radius 2 is 2.04 bits per heavy atom. The minimum atomic E-state index is -0.563. The molecule has 0 radical (unpaired) electrons. The van der Waals surface area contributed by atoms with E-state index in [0.717, 1.165) is 17.7 Å². The summed E-state index contributed by atoms with van der Waals surface area (Å²) in [5.74, 6) is 0.0967. The Balaban J connectivity index is 1.63. The number of thiazole rings is 1. The Labute approximate surface area is 138 Å². The molecule has 0 atom stereocenters. The zero-order valence-electron chi connectivity index (χ0n) is 13.1. The van der Waals surface area contributed by atoms with E-state index >= 15 is 0 Å². The van der Waals surface area contributed by atoms with Crippen molar-refractivity contribution in [1.82, 2.24) is 4.98 Å². The Morgan fingerprint density at radius 3 is 2.78 bits per heavy atom. The monoisotopic (exact) mass is 330 g/mol. The van der Waals surface area contributed by atoms with Crippen molar-refractivity contribution in [2.45, 2.75) is 33.3 Å². The molecule has 1 aromatic carbocycles. The largest absolute Gasteiger partial charge is 0.444 e. The number of rotatable bonds is 3. The van der Waals surface area contributed by atoms with Crippen molar-refractivity contribution in [1.29, 1.82) is 0 Å². The van der Waals surface area contributed by atoms with Crippen LogP contribution in [-0.4, -0.2) is 16.9 Å². The SMILES string of the molecule is CC1(C)CC(=O)c2sc(NC(=O)OCc3ccccc3)nc2C1. The lowest BCUT2D eigenvalue weighted by Crippen LogP contribution is -2.26. The third-order valence-electron chi connectivity index (χ3n) is 3.66. The van der Waals surface area contributed by atoms with Gasteiger partial charge in [-0.25, -0.2) is 9.78 Å². The maximum atomic E-state index is 12.1. The van der Waals surface area contributed by atoms with E-state index in [1.165, 1.54) is 11.3 Å². The van der Waals surface area contributed by atoms with E-state index < -0.39 is 6.09 Å². The first-order chi connectivity index (χ1) is 10.9. The van der Waals surface area contributed by atoms with Crippen LogP contribution in [0.5, 0.6) is 0 Å². The summed E-state index contributed by atoms with van der Waals surface area (Å²) in [7, 11) is 0. The summed E-state index contributed by atoms with van der Waals surface area (Å²) in [6.45, 7) is 4.30. The smallest absolute Gasteiger partial charge is 0.413 e. The fraction of sp³-hybridized carbons (Fsp3) is 0.353. The molecule has 0 saturated heterocycles. The minimum absolute atomic E-state index is 0.0801. The van der Waals surface area contributed by atoms with Gasteiger partial charge in [0.15, 0.2) is 10.9 Å². The highest BCUT2D eigenvalue weighted by Crippen LogP contribution is 2.38. The van der Waals surface area contributed by atoms with Crippen LogP contribution in [0.2, 0.25) is 0 Å². The highest BCUT2D eigenvalue weighted by Gasteiger charge is 2.34. The van der Waals surface area contributed by atoms with Gasteiger partial charge in [0.1, 0.15) is 6.61 Å². The molecule has 1 aromatic heterocycles. The number of anilines is 1. The molecule has 120 valence electrons. The van der Waals surface area contributed by atoms with Gasteiger partial charge in [0.25, 0.3) is 0 Å². The molecule has 1 amide bonds. The second-order valence-electron chi connectivity index (χ2n) is 6.42. The van der Waals surface area contributed by atoms with Crippen LogP contribution in [0.4, 0.5) is 9.93 Å². The topological polar surface area (TPSA) is 68.3 Å². The zero-order valence-corrected chi connectivity index (χ0v) is 13.9. The van der Waals surface area contributed by atoms with Gasteiger partial charge in [-0.2, -0.15) is 0 Å². The maximum absolute atomic E-state index is 12.1. The van der Waals surface area contributed by atoms with Crippen molar-refractivity contribution < 1.29 is 14.3 Å². The molecule has 0 saturated carbocycles. The van der Waals surface area contributed by atoms with Crippen LogP contribution in [0.15, 0.2) is 30.3 Å². The Morgan fingerprint density at radius 1 is 1.30 bits per heavy atom. The third-order valence-corrected chi connectivity index (χ3v) is 4.71. The van der Waals surface area contributed by atoms with Crippen LogP contribution in [-0.2, 0) is 17.8 Å². The number of hydrogen-bond acceptors (Lipinski definition) is 5. The number of nitrogens with zero attached hydrogens (tertiary/aromatic N) is 1. The van der Waals surface area contributed by atoms with Gasteiger partial charge in [0.2, 0.25) is 0 Å². The van der Waals surface area contributed by atoms with Gasteiger partial charge >= 0.3 is 6.09 Å². The van der Waals surface area contributed by atoms with Gasteiger partial charge in [0, 0.05) is 6.42 Å². The lowest BCUT2D eigenvalue weighted by Gasteiger charge is -2.26. The normalized spacial score (nSPS) is 15.8. The van der Waals surface area contributed by atoms with E-state index in [1.54, 1.807) is 0 Å². The van der Waals surface area contributed by atoms with Crippen molar-refractivity contribution >= 4 is 28.3 Å². The van der Waals surface area contributed by atoms with Crippen molar-refractivity contribution in [3.05, 3.63) is 46.5 Å². The summed E-state index contributed by atoms with van der Waals surface area (Å²) in [6.07, 6.45) is 0.692. The molecule has 0 unspecified atom stereocenters. The van der Waals surface area contributed by atoms with Crippen LogP contribution in [0.1, 0.15) is 41.2 Å². The molecule has 0 aliphatic heterocycles. The maximum Gasteiger partial charge on any atom is 0.413 e. The first kappa shape index (κ1) is 15.7. The number of ether oxygens (including phenoxy) is 1. The minimum Gasteiger partial charge on any atom is -0.444 e. The summed E-state index contributed by atoms with van der Waals surface area (Å²) >= 11 is 1.22. The number of ketones is 1. The lowest BCUT2D eigenvalue weighted by atomic mass is 9.78. The van der Waals surface area contributed by atoms with Crippen molar-refractivity contribution in [2.75, 3.05) is 5.32 Å². The molecular weight excluding hydrogens is 312 g/mol. The van der Waals surface area contributed by atoms with Crippen molar-refractivity contribution in [2.24, 2.45) is 5.41 Å². The first-order valence-corrected chi connectivity index (χ1v) is 8.25. The summed E-state index contributed by atoms with van der Waals surface area (Å²) in [4.78, 5) is 29.0. The predicted molar refractivity (Wildman–Crippen MR) is 88.8 cm³/mol. The molecule has 3 rings (SSSR count). The molecule has 1 N–H and O–H groups in total. The number of carbonyl (C=O) groups excluding carboxylic acids is 2. The molecule has 1 aliphatic carbocycles. The molecule has 6 heteroatoms. The summed E-state index contributed by atoms with van der Waals surface area (Å²) in [6, 6.07) is 9.45. The van der Waals surface area contributed by atoms with Crippen LogP contribution >= 0.6 is 11.3 Å². The molecule has 0 bridgehead atoms. The van der Waals surface area contributed by atoms with Crippen molar-refractivity contribution in [3.8, 4) is 0 Å². The highest BCUT2D eigenvalue weighted by molar-refractivity contribution is 7.17. The van der Waals surface area contributed by atoms with Gasteiger partial charge in [-0.15, -0.1) is 0 Å². The summed E-state index contributed by atoms with van der Waals surface area (Å²) < 4.78 is 5.16. The third kappa shape index (κ3) is 3.76. The number of nitrogens with one attached hydrogen (secondary N) is 1. The number of amides is 1. The van der Waals surface area contributed by atoms with E-state index in [2.05, 4.69) is 24.1 Å². The molecule has 5 nitrogen and oxygen atoms in total. The van der Waals surface area contributed by atoms with Crippen LogP contribution in [0, 0.1) is 5.41 Å². The number of Topliss-reactive ketones (excluding diaryl/α,β-unsaturated/α-hetero) is 1. The second kappa shape index (κ2) is 6.12. The second-order valence-corrected chi connectivity index (χ2v) is 7.42.